The van der Waals surface area contributed by atoms with E-state index in [1.807, 2.05) is 6.92 Å². The average Bonchev–Trinajstić information content (AvgIpc) is 2.43. The van der Waals surface area contributed by atoms with Crippen LogP contribution in [0.15, 0.2) is 24.3 Å². The van der Waals surface area contributed by atoms with E-state index >= 15 is 0 Å². The van der Waals surface area contributed by atoms with Crippen molar-refractivity contribution in [2.75, 3.05) is 13.6 Å². The highest BCUT2D eigenvalue weighted by Crippen LogP contribution is 2.21. The Morgan fingerprint density at radius 1 is 1.35 bits per heavy atom. The number of hydrogen-bond donors (Lipinski definition) is 0. The van der Waals surface area contributed by atoms with Gasteiger partial charge in [0.05, 0.1) is 11.1 Å². The van der Waals surface area contributed by atoms with Crippen LogP contribution in [0, 0.1) is 12.7 Å². The largest absolute Gasteiger partial charge is 0.342 e. The predicted octanol–water partition coefficient (Wildman–Crippen LogP) is 3.55. The first-order valence-corrected chi connectivity index (χ1v) is 6.85. The van der Waals surface area contributed by atoms with E-state index in [0.29, 0.717) is 23.0 Å². The Labute approximate surface area is 118 Å². The number of aromatic nitrogens is 1. The topological polar surface area (TPSA) is 33.2 Å². The molecule has 0 aliphatic rings. The number of carbonyl (C=O) groups is 1. The zero-order valence-electron chi connectivity index (χ0n) is 12.1. The molecule has 106 valence electrons. The lowest BCUT2D eigenvalue weighted by Gasteiger charge is -2.18. The van der Waals surface area contributed by atoms with Crippen LogP contribution in [0.5, 0.6) is 0 Å². The second kappa shape index (κ2) is 5.99. The minimum absolute atomic E-state index is 0.0837. The average molecular weight is 274 g/mol. The van der Waals surface area contributed by atoms with Gasteiger partial charge in [-0.2, -0.15) is 0 Å². The predicted molar refractivity (Wildman–Crippen MR) is 78.3 cm³/mol. The third kappa shape index (κ3) is 2.95. The van der Waals surface area contributed by atoms with Crippen molar-refractivity contribution in [2.45, 2.75) is 26.7 Å². The first kappa shape index (κ1) is 14.4. The fraction of sp³-hybridized carbons (Fsp3) is 0.375. The van der Waals surface area contributed by atoms with Gasteiger partial charge < -0.3 is 4.90 Å². The van der Waals surface area contributed by atoms with Gasteiger partial charge in [-0.05, 0) is 37.6 Å². The van der Waals surface area contributed by atoms with Gasteiger partial charge in [0.1, 0.15) is 5.82 Å². The minimum atomic E-state index is -0.353. The van der Waals surface area contributed by atoms with Crippen LogP contribution >= 0.6 is 0 Å². The molecule has 0 aliphatic carbocycles. The molecule has 0 saturated heterocycles. The highest BCUT2D eigenvalue weighted by molar-refractivity contribution is 6.06. The molecule has 0 radical (unpaired) electrons. The monoisotopic (exact) mass is 274 g/mol. The molecule has 0 spiro atoms. The van der Waals surface area contributed by atoms with E-state index in [-0.39, 0.29) is 11.7 Å². The highest BCUT2D eigenvalue weighted by atomic mass is 19.1. The molecule has 0 N–H and O–H groups in total. The molecule has 1 heterocycles. The fourth-order valence-corrected chi connectivity index (χ4v) is 2.21. The number of carbonyl (C=O) groups excluding carboxylic acids is 1. The van der Waals surface area contributed by atoms with Crippen molar-refractivity contribution in [2.24, 2.45) is 0 Å². The summed E-state index contributed by atoms with van der Waals surface area (Å²) in [7, 11) is 1.78. The lowest BCUT2D eigenvalue weighted by Crippen LogP contribution is -2.28. The maximum atomic E-state index is 13.4. The van der Waals surface area contributed by atoms with E-state index in [0.717, 1.165) is 18.5 Å². The van der Waals surface area contributed by atoms with Crippen LogP contribution in [-0.2, 0) is 0 Å². The van der Waals surface area contributed by atoms with Gasteiger partial charge in [0.2, 0.25) is 0 Å². The molecule has 2 rings (SSSR count). The molecule has 0 bridgehead atoms. The van der Waals surface area contributed by atoms with Crippen molar-refractivity contribution in [3.63, 3.8) is 0 Å². The Balaban J connectivity index is 2.47. The summed E-state index contributed by atoms with van der Waals surface area (Å²) in [5.41, 5.74) is 1.93. The number of pyridine rings is 1. The summed E-state index contributed by atoms with van der Waals surface area (Å²) >= 11 is 0. The van der Waals surface area contributed by atoms with Crippen molar-refractivity contribution in [3.8, 4) is 0 Å². The second-order valence-corrected chi connectivity index (χ2v) is 5.05. The van der Waals surface area contributed by atoms with Gasteiger partial charge in [-0.1, -0.05) is 13.3 Å². The first-order chi connectivity index (χ1) is 9.52. The summed E-state index contributed by atoms with van der Waals surface area (Å²) in [5.74, 6) is -0.437. The fourth-order valence-electron chi connectivity index (χ4n) is 2.21. The second-order valence-electron chi connectivity index (χ2n) is 5.05. The summed E-state index contributed by atoms with van der Waals surface area (Å²) in [6.45, 7) is 4.62. The third-order valence-electron chi connectivity index (χ3n) is 3.32. The normalized spacial score (nSPS) is 10.8. The molecular weight excluding hydrogens is 255 g/mol. The Hall–Kier alpha value is -1.97. The van der Waals surface area contributed by atoms with Gasteiger partial charge in [0.15, 0.2) is 0 Å². The summed E-state index contributed by atoms with van der Waals surface area (Å²) in [6.07, 6.45) is 1.99. The SMILES string of the molecule is CCCCN(C)C(=O)c1cc(C)nc2ccc(F)cc12. The quantitative estimate of drug-likeness (QED) is 0.854. The maximum Gasteiger partial charge on any atom is 0.254 e. The van der Waals surface area contributed by atoms with E-state index in [2.05, 4.69) is 11.9 Å². The van der Waals surface area contributed by atoms with Gasteiger partial charge >= 0.3 is 0 Å². The zero-order valence-corrected chi connectivity index (χ0v) is 12.1. The molecule has 4 heteroatoms. The third-order valence-corrected chi connectivity index (χ3v) is 3.32. The van der Waals surface area contributed by atoms with Crippen molar-refractivity contribution in [1.29, 1.82) is 0 Å². The molecule has 0 saturated carbocycles. The summed E-state index contributed by atoms with van der Waals surface area (Å²) in [6, 6.07) is 6.08. The molecule has 2 aromatic rings. The number of nitrogens with zero attached hydrogens (tertiary/aromatic N) is 2. The van der Waals surface area contributed by atoms with E-state index in [1.165, 1.54) is 12.1 Å². The molecule has 1 aromatic heterocycles. The maximum absolute atomic E-state index is 13.4. The summed E-state index contributed by atoms with van der Waals surface area (Å²) in [4.78, 5) is 18.5. The van der Waals surface area contributed by atoms with Crippen LogP contribution in [0.1, 0.15) is 35.8 Å². The van der Waals surface area contributed by atoms with Crippen molar-refractivity contribution >= 4 is 16.8 Å². The number of benzene rings is 1. The number of amides is 1. The van der Waals surface area contributed by atoms with Gasteiger partial charge in [0, 0.05) is 24.7 Å². The number of hydrogen-bond acceptors (Lipinski definition) is 2. The molecule has 0 atom stereocenters. The van der Waals surface area contributed by atoms with E-state index < -0.39 is 0 Å². The summed E-state index contributed by atoms with van der Waals surface area (Å²) < 4.78 is 13.4. The van der Waals surface area contributed by atoms with Crippen molar-refractivity contribution in [3.05, 3.63) is 41.3 Å². The Morgan fingerprint density at radius 3 is 2.80 bits per heavy atom. The number of rotatable bonds is 4. The lowest BCUT2D eigenvalue weighted by atomic mass is 10.1. The molecule has 1 amide bonds. The highest BCUT2D eigenvalue weighted by Gasteiger charge is 2.16. The smallest absolute Gasteiger partial charge is 0.254 e. The molecule has 0 unspecified atom stereocenters. The van der Waals surface area contributed by atoms with Gasteiger partial charge in [-0.3, -0.25) is 9.78 Å². The van der Waals surface area contributed by atoms with Crippen LogP contribution in [0.2, 0.25) is 0 Å². The molecule has 0 fully saturated rings. The number of unbranched alkanes of at least 4 members (excludes halogenated alkanes) is 1. The molecular formula is C16H19FN2O. The van der Waals surface area contributed by atoms with Gasteiger partial charge in [-0.25, -0.2) is 4.39 Å². The molecule has 0 aliphatic heterocycles. The van der Waals surface area contributed by atoms with Gasteiger partial charge in [-0.15, -0.1) is 0 Å². The number of fused-ring (bicyclic) bond motifs is 1. The van der Waals surface area contributed by atoms with Crippen LogP contribution in [0.4, 0.5) is 4.39 Å². The number of halogens is 1. The van der Waals surface area contributed by atoms with Crippen molar-refractivity contribution < 1.29 is 9.18 Å². The van der Waals surface area contributed by atoms with Crippen molar-refractivity contribution in [1.82, 2.24) is 9.88 Å². The van der Waals surface area contributed by atoms with Crippen LogP contribution < -0.4 is 0 Å². The minimum Gasteiger partial charge on any atom is -0.342 e. The van der Waals surface area contributed by atoms with E-state index in [9.17, 15) is 9.18 Å². The van der Waals surface area contributed by atoms with E-state index in [1.54, 1.807) is 24.1 Å². The Bertz CT molecular complexity index is 640. The molecule has 20 heavy (non-hydrogen) atoms. The Kier molecular flexibility index (Phi) is 4.32. The summed E-state index contributed by atoms with van der Waals surface area (Å²) in [5, 5.41) is 0.573. The molecule has 1 aromatic carbocycles. The van der Waals surface area contributed by atoms with Gasteiger partial charge in [0.25, 0.3) is 5.91 Å². The first-order valence-electron chi connectivity index (χ1n) is 6.85. The number of aryl methyl sites for hydroxylation is 1. The lowest BCUT2D eigenvalue weighted by molar-refractivity contribution is 0.0795. The Morgan fingerprint density at radius 2 is 2.10 bits per heavy atom. The molecule has 3 nitrogen and oxygen atoms in total. The van der Waals surface area contributed by atoms with Crippen LogP contribution in [0.3, 0.4) is 0 Å². The zero-order chi connectivity index (χ0) is 14.7. The van der Waals surface area contributed by atoms with Crippen LogP contribution in [0.25, 0.3) is 10.9 Å². The standard InChI is InChI=1S/C16H19FN2O/c1-4-5-8-19(3)16(20)14-9-11(2)18-15-7-6-12(17)10-13(14)15/h6-7,9-10H,4-5,8H2,1-3H3. The van der Waals surface area contributed by atoms with Crippen LogP contribution in [-0.4, -0.2) is 29.4 Å². The van der Waals surface area contributed by atoms with E-state index in [4.69, 9.17) is 0 Å².